The van der Waals surface area contributed by atoms with E-state index in [1.165, 1.54) is 28.4 Å². The minimum absolute atomic E-state index is 0.292. The van der Waals surface area contributed by atoms with E-state index in [-0.39, 0.29) is 0 Å². The van der Waals surface area contributed by atoms with E-state index in [9.17, 15) is 20.4 Å². The summed E-state index contributed by atoms with van der Waals surface area (Å²) in [5.74, 6) is 0. The first-order chi connectivity index (χ1) is 12.4. The van der Waals surface area contributed by atoms with Gasteiger partial charge in [0, 0.05) is 28.4 Å². The Morgan fingerprint density at radius 3 is 1.19 bits per heavy atom. The molecule has 0 aliphatic carbocycles. The molecule has 2 fully saturated rings. The summed E-state index contributed by atoms with van der Waals surface area (Å²) in [4.78, 5) is 0. The highest BCUT2D eigenvalue weighted by Crippen LogP contribution is 2.32. The SMILES string of the molecule is COC(OC)[C@H]1O[C@H](CC[C@H]2O[C@H](C(OC)OC)[C@@H](O)[C@@H]2O)[C@@H](O)[C@@H]1O. The summed E-state index contributed by atoms with van der Waals surface area (Å²) >= 11 is 0. The zero-order valence-corrected chi connectivity index (χ0v) is 15.4. The average Bonchev–Trinajstić information content (AvgIpc) is 3.08. The molecule has 0 aromatic rings. The summed E-state index contributed by atoms with van der Waals surface area (Å²) in [5, 5.41) is 40.7. The molecular formula is C16H30O10. The lowest BCUT2D eigenvalue weighted by Crippen LogP contribution is -2.40. The first kappa shape index (κ1) is 21.9. The van der Waals surface area contributed by atoms with E-state index < -0.39 is 61.4 Å². The Labute approximate surface area is 152 Å². The first-order valence-corrected chi connectivity index (χ1v) is 8.53. The maximum Gasteiger partial charge on any atom is 0.185 e. The monoisotopic (exact) mass is 382 g/mol. The summed E-state index contributed by atoms with van der Waals surface area (Å²) in [6, 6.07) is 0. The molecule has 154 valence electrons. The second kappa shape index (κ2) is 9.69. The number of ether oxygens (including phenoxy) is 6. The van der Waals surface area contributed by atoms with E-state index in [1.54, 1.807) is 0 Å². The van der Waals surface area contributed by atoms with Gasteiger partial charge < -0.3 is 48.8 Å². The number of rotatable bonds is 9. The Morgan fingerprint density at radius 2 is 0.923 bits per heavy atom. The van der Waals surface area contributed by atoms with Crippen LogP contribution in [-0.4, -0.2) is 110 Å². The van der Waals surface area contributed by atoms with Crippen LogP contribution >= 0.6 is 0 Å². The van der Waals surface area contributed by atoms with Crippen LogP contribution in [0.4, 0.5) is 0 Å². The maximum absolute atomic E-state index is 10.2. The normalized spacial score (nSPS) is 40.8. The fourth-order valence-electron chi connectivity index (χ4n) is 3.54. The lowest BCUT2D eigenvalue weighted by molar-refractivity contribution is -0.195. The highest BCUT2D eigenvalue weighted by Gasteiger charge is 2.49. The zero-order chi connectivity index (χ0) is 19.4. The van der Waals surface area contributed by atoms with Gasteiger partial charge in [-0.25, -0.2) is 0 Å². The van der Waals surface area contributed by atoms with Gasteiger partial charge in [-0.05, 0) is 12.8 Å². The third-order valence-corrected chi connectivity index (χ3v) is 5.00. The molecule has 2 rings (SSSR count). The molecule has 0 saturated carbocycles. The lowest BCUT2D eigenvalue weighted by Gasteiger charge is -2.23. The number of aliphatic hydroxyl groups is 4. The van der Waals surface area contributed by atoms with E-state index in [0.29, 0.717) is 12.8 Å². The molecule has 0 unspecified atom stereocenters. The van der Waals surface area contributed by atoms with Gasteiger partial charge in [0.2, 0.25) is 0 Å². The van der Waals surface area contributed by atoms with Gasteiger partial charge in [-0.1, -0.05) is 0 Å². The highest BCUT2D eigenvalue weighted by atomic mass is 16.7. The van der Waals surface area contributed by atoms with Crippen LogP contribution in [0, 0.1) is 0 Å². The summed E-state index contributed by atoms with van der Waals surface area (Å²) in [7, 11) is 5.65. The second-order valence-corrected chi connectivity index (χ2v) is 6.50. The van der Waals surface area contributed by atoms with Crippen LogP contribution in [0.3, 0.4) is 0 Å². The van der Waals surface area contributed by atoms with Gasteiger partial charge in [0.15, 0.2) is 12.6 Å². The minimum atomic E-state index is -1.16. The Kier molecular flexibility index (Phi) is 8.16. The molecule has 8 atom stereocenters. The molecule has 0 amide bonds. The molecule has 10 nitrogen and oxygen atoms in total. The molecular weight excluding hydrogens is 352 g/mol. The van der Waals surface area contributed by atoms with Crippen LogP contribution in [0.25, 0.3) is 0 Å². The number of methoxy groups -OCH3 is 4. The van der Waals surface area contributed by atoms with E-state index in [0.717, 1.165) is 0 Å². The minimum Gasteiger partial charge on any atom is -0.388 e. The Morgan fingerprint density at radius 1 is 0.615 bits per heavy atom. The zero-order valence-electron chi connectivity index (χ0n) is 15.4. The average molecular weight is 382 g/mol. The van der Waals surface area contributed by atoms with Gasteiger partial charge in [0.1, 0.15) is 36.6 Å². The van der Waals surface area contributed by atoms with E-state index in [4.69, 9.17) is 28.4 Å². The van der Waals surface area contributed by atoms with Gasteiger partial charge in [-0.15, -0.1) is 0 Å². The van der Waals surface area contributed by atoms with Gasteiger partial charge in [-0.2, -0.15) is 0 Å². The summed E-state index contributed by atoms with van der Waals surface area (Å²) in [5.41, 5.74) is 0. The third kappa shape index (κ3) is 4.36. The first-order valence-electron chi connectivity index (χ1n) is 8.53. The standard InChI is InChI=1S/C16H30O10/c1-21-15(22-2)13-11(19)9(17)7(25-13)5-6-8-10(18)12(20)14(26-8)16(23-3)24-4/h7-20H,5-6H2,1-4H3/t7-,8-,9-,10-,11+,12+,13+,14+/m1/s1. The molecule has 0 spiro atoms. The number of aliphatic hydroxyl groups excluding tert-OH is 4. The third-order valence-electron chi connectivity index (χ3n) is 5.00. The number of hydrogen-bond donors (Lipinski definition) is 4. The molecule has 4 N–H and O–H groups in total. The Bertz CT molecular complexity index is 378. The Balaban J connectivity index is 1.92. The number of hydrogen-bond acceptors (Lipinski definition) is 10. The van der Waals surface area contributed by atoms with Gasteiger partial charge >= 0.3 is 0 Å². The summed E-state index contributed by atoms with van der Waals surface area (Å²) in [6.45, 7) is 0. The molecule has 0 bridgehead atoms. The molecule has 26 heavy (non-hydrogen) atoms. The molecule has 0 aromatic carbocycles. The predicted molar refractivity (Wildman–Crippen MR) is 86.2 cm³/mol. The summed E-state index contributed by atoms with van der Waals surface area (Å²) in [6.07, 6.45) is -8.65. The highest BCUT2D eigenvalue weighted by molar-refractivity contribution is 4.96. The molecule has 0 aromatic heterocycles. The maximum atomic E-state index is 10.2. The molecule has 10 heteroatoms. The Hall–Kier alpha value is -0.400. The predicted octanol–water partition coefficient (Wildman–Crippen LogP) is -2.02. The van der Waals surface area contributed by atoms with Gasteiger partial charge in [-0.3, -0.25) is 0 Å². The molecule has 0 radical (unpaired) electrons. The van der Waals surface area contributed by atoms with Crippen molar-refractivity contribution in [2.24, 2.45) is 0 Å². The fourth-order valence-corrected chi connectivity index (χ4v) is 3.54. The topological polar surface area (TPSA) is 136 Å². The van der Waals surface area contributed by atoms with Crippen molar-refractivity contribution in [2.75, 3.05) is 28.4 Å². The molecule has 2 aliphatic heterocycles. The molecule has 2 heterocycles. The van der Waals surface area contributed by atoms with Crippen LogP contribution in [0.5, 0.6) is 0 Å². The van der Waals surface area contributed by atoms with Crippen molar-refractivity contribution in [1.82, 2.24) is 0 Å². The van der Waals surface area contributed by atoms with Crippen molar-refractivity contribution in [3.63, 3.8) is 0 Å². The lowest BCUT2D eigenvalue weighted by atomic mass is 9.99. The van der Waals surface area contributed by atoms with Gasteiger partial charge in [0.05, 0.1) is 12.2 Å². The summed E-state index contributed by atoms with van der Waals surface area (Å²) < 4.78 is 31.7. The molecule has 2 aliphatic rings. The van der Waals surface area contributed by atoms with E-state index in [2.05, 4.69) is 0 Å². The fraction of sp³-hybridized carbons (Fsp3) is 1.00. The van der Waals surface area contributed by atoms with Crippen molar-refractivity contribution in [3.8, 4) is 0 Å². The van der Waals surface area contributed by atoms with Crippen molar-refractivity contribution >= 4 is 0 Å². The van der Waals surface area contributed by atoms with Crippen LogP contribution in [0.1, 0.15) is 12.8 Å². The van der Waals surface area contributed by atoms with Gasteiger partial charge in [0.25, 0.3) is 0 Å². The van der Waals surface area contributed by atoms with E-state index >= 15 is 0 Å². The largest absolute Gasteiger partial charge is 0.388 e. The quantitative estimate of drug-likeness (QED) is 0.331. The van der Waals surface area contributed by atoms with Crippen molar-refractivity contribution < 1.29 is 48.8 Å². The smallest absolute Gasteiger partial charge is 0.185 e. The van der Waals surface area contributed by atoms with Crippen molar-refractivity contribution in [2.45, 2.75) is 74.3 Å². The second-order valence-electron chi connectivity index (χ2n) is 6.50. The molecule has 2 saturated heterocycles. The van der Waals surface area contributed by atoms with Crippen molar-refractivity contribution in [1.29, 1.82) is 0 Å². The van der Waals surface area contributed by atoms with E-state index in [1.807, 2.05) is 0 Å². The van der Waals surface area contributed by atoms with Crippen LogP contribution in [0.2, 0.25) is 0 Å². The van der Waals surface area contributed by atoms with Crippen LogP contribution in [0.15, 0.2) is 0 Å². The van der Waals surface area contributed by atoms with Crippen LogP contribution < -0.4 is 0 Å². The van der Waals surface area contributed by atoms with Crippen molar-refractivity contribution in [3.05, 3.63) is 0 Å². The van der Waals surface area contributed by atoms with Crippen LogP contribution in [-0.2, 0) is 28.4 Å².